The van der Waals surface area contributed by atoms with Gasteiger partial charge in [-0.1, -0.05) is 0 Å². The van der Waals surface area contributed by atoms with Crippen molar-refractivity contribution in [2.24, 2.45) is 5.73 Å². The fourth-order valence-corrected chi connectivity index (χ4v) is 0.780. The highest BCUT2D eigenvalue weighted by molar-refractivity contribution is 5.91. The number of hydrogen-bond acceptors (Lipinski definition) is 3. The van der Waals surface area contributed by atoms with Crippen LogP contribution in [0.2, 0.25) is 0 Å². The van der Waals surface area contributed by atoms with Gasteiger partial charge in [0.1, 0.15) is 12.3 Å². The molecular weight excluding hydrogens is 156 g/mol. The second-order valence-corrected chi connectivity index (χ2v) is 2.36. The third kappa shape index (κ3) is 1.31. The van der Waals surface area contributed by atoms with E-state index < -0.39 is 29.8 Å². The molecule has 0 aromatic rings. The predicted molar refractivity (Wildman–Crippen MR) is 32.8 cm³/mol. The van der Waals surface area contributed by atoms with E-state index in [0.717, 1.165) is 0 Å². The van der Waals surface area contributed by atoms with E-state index in [1.54, 1.807) is 0 Å². The van der Waals surface area contributed by atoms with Crippen LogP contribution in [0.15, 0.2) is 11.3 Å². The number of rotatable bonds is 1. The number of ether oxygens (including phenoxy) is 1. The summed E-state index contributed by atoms with van der Waals surface area (Å²) in [5, 5.41) is 0. The summed E-state index contributed by atoms with van der Waals surface area (Å²) in [4.78, 5) is 10.5. The van der Waals surface area contributed by atoms with Crippen LogP contribution in [0.5, 0.6) is 0 Å². The summed E-state index contributed by atoms with van der Waals surface area (Å²) in [5.74, 6) is -3.92. The summed E-state index contributed by atoms with van der Waals surface area (Å²) < 4.78 is 29.2. The van der Waals surface area contributed by atoms with Gasteiger partial charge in [-0.2, -0.15) is 0 Å². The third-order valence-electron chi connectivity index (χ3n) is 1.42. The lowest BCUT2D eigenvalue weighted by molar-refractivity contribution is -0.136. The van der Waals surface area contributed by atoms with Gasteiger partial charge in [-0.3, -0.25) is 0 Å². The average molecular weight is 163 g/mol. The van der Waals surface area contributed by atoms with E-state index in [1.165, 1.54) is 0 Å². The fourth-order valence-electron chi connectivity index (χ4n) is 0.780. The van der Waals surface area contributed by atoms with Crippen LogP contribution in [0.3, 0.4) is 0 Å². The largest absolute Gasteiger partial charge is 0.456 e. The molecule has 1 aliphatic heterocycles. The van der Waals surface area contributed by atoms with E-state index in [0.29, 0.717) is 6.92 Å². The van der Waals surface area contributed by atoms with Gasteiger partial charge in [0.05, 0.1) is 5.57 Å². The maximum absolute atomic E-state index is 12.5. The predicted octanol–water partition coefficient (Wildman–Crippen LogP) is 0.411. The molecule has 0 amide bonds. The van der Waals surface area contributed by atoms with Gasteiger partial charge in [-0.05, 0) is 0 Å². The van der Waals surface area contributed by atoms with Crippen LogP contribution >= 0.6 is 0 Å². The van der Waals surface area contributed by atoms with Gasteiger partial charge in [0.2, 0.25) is 0 Å². The molecule has 0 unspecified atom stereocenters. The van der Waals surface area contributed by atoms with Crippen LogP contribution in [0, 0.1) is 0 Å². The summed E-state index contributed by atoms with van der Waals surface area (Å²) >= 11 is 0. The molecule has 5 heteroatoms. The zero-order valence-corrected chi connectivity index (χ0v) is 5.86. The van der Waals surface area contributed by atoms with Gasteiger partial charge in [-0.25, -0.2) is 13.6 Å². The first-order valence-corrected chi connectivity index (χ1v) is 2.97. The van der Waals surface area contributed by atoms with Crippen molar-refractivity contribution in [2.75, 3.05) is 6.61 Å². The summed E-state index contributed by atoms with van der Waals surface area (Å²) in [6, 6.07) is 0. The lowest BCUT2D eigenvalue weighted by atomic mass is 10.1. The van der Waals surface area contributed by atoms with Crippen molar-refractivity contribution < 1.29 is 18.3 Å². The van der Waals surface area contributed by atoms with Crippen molar-refractivity contribution in [3.05, 3.63) is 11.3 Å². The Hall–Kier alpha value is -1.13. The standard InChI is InChI=1S/C6H7F2NO2/c1-6(7,8)3-2-11-5(10)4(3)9/h2,9H2,1H3. The molecule has 3 nitrogen and oxygen atoms in total. The number of carbonyl (C=O) groups excluding carboxylic acids is 1. The number of hydrogen-bond donors (Lipinski definition) is 1. The molecular formula is C6H7F2NO2. The number of esters is 1. The third-order valence-corrected chi connectivity index (χ3v) is 1.42. The van der Waals surface area contributed by atoms with Gasteiger partial charge >= 0.3 is 5.97 Å². The van der Waals surface area contributed by atoms with E-state index in [1.807, 2.05) is 0 Å². The Morgan fingerprint density at radius 1 is 1.64 bits per heavy atom. The van der Waals surface area contributed by atoms with Crippen LogP contribution in [-0.2, 0) is 9.53 Å². The molecule has 0 aromatic heterocycles. The molecule has 1 aliphatic rings. The fraction of sp³-hybridized carbons (Fsp3) is 0.500. The van der Waals surface area contributed by atoms with Crippen molar-refractivity contribution in [1.29, 1.82) is 0 Å². The molecule has 0 saturated heterocycles. The van der Waals surface area contributed by atoms with Crippen LogP contribution in [0.1, 0.15) is 6.92 Å². The number of cyclic esters (lactones) is 1. The molecule has 0 radical (unpaired) electrons. The molecule has 11 heavy (non-hydrogen) atoms. The van der Waals surface area contributed by atoms with E-state index >= 15 is 0 Å². The number of nitrogens with two attached hydrogens (primary N) is 1. The lowest BCUT2D eigenvalue weighted by Gasteiger charge is -2.09. The number of carbonyl (C=O) groups is 1. The van der Waals surface area contributed by atoms with Gasteiger partial charge in [0.25, 0.3) is 5.92 Å². The summed E-state index contributed by atoms with van der Waals surface area (Å²) in [6.45, 7) is 0.283. The smallest absolute Gasteiger partial charge is 0.354 e. The van der Waals surface area contributed by atoms with Crippen LogP contribution in [0.25, 0.3) is 0 Å². The maximum Gasteiger partial charge on any atom is 0.354 e. The molecule has 0 saturated carbocycles. The molecule has 1 heterocycles. The van der Waals surface area contributed by atoms with E-state index in [9.17, 15) is 13.6 Å². The molecule has 0 bridgehead atoms. The summed E-state index contributed by atoms with van der Waals surface area (Å²) in [7, 11) is 0. The van der Waals surface area contributed by atoms with E-state index in [2.05, 4.69) is 4.74 Å². The topological polar surface area (TPSA) is 52.3 Å². The van der Waals surface area contributed by atoms with E-state index in [4.69, 9.17) is 5.73 Å². The van der Waals surface area contributed by atoms with Gasteiger partial charge < -0.3 is 10.5 Å². The van der Waals surface area contributed by atoms with Crippen molar-refractivity contribution >= 4 is 5.97 Å². The quantitative estimate of drug-likeness (QED) is 0.569. The van der Waals surface area contributed by atoms with Gasteiger partial charge in [0, 0.05) is 6.92 Å². The highest BCUT2D eigenvalue weighted by Crippen LogP contribution is 2.28. The minimum Gasteiger partial charge on any atom is -0.456 e. The van der Waals surface area contributed by atoms with Crippen LogP contribution < -0.4 is 5.73 Å². The molecule has 0 atom stereocenters. The highest BCUT2D eigenvalue weighted by Gasteiger charge is 2.37. The summed E-state index contributed by atoms with van der Waals surface area (Å²) in [6.07, 6.45) is 0. The number of alkyl halides is 2. The lowest BCUT2D eigenvalue weighted by Crippen LogP contribution is -2.19. The molecule has 0 aliphatic carbocycles. The zero-order chi connectivity index (χ0) is 8.65. The van der Waals surface area contributed by atoms with Crippen molar-refractivity contribution in [1.82, 2.24) is 0 Å². The Balaban J connectivity index is 2.98. The Morgan fingerprint density at radius 3 is 2.36 bits per heavy atom. The van der Waals surface area contributed by atoms with Crippen LogP contribution in [-0.4, -0.2) is 18.5 Å². The average Bonchev–Trinajstić information content (AvgIpc) is 2.11. The molecule has 62 valence electrons. The SMILES string of the molecule is CC(F)(F)C1=C(N)C(=O)OC1. The second-order valence-electron chi connectivity index (χ2n) is 2.36. The number of halogens is 2. The first-order valence-electron chi connectivity index (χ1n) is 2.97. The van der Waals surface area contributed by atoms with Crippen molar-refractivity contribution in [3.63, 3.8) is 0 Å². The first-order chi connectivity index (χ1) is 4.93. The zero-order valence-electron chi connectivity index (χ0n) is 5.86. The molecule has 0 spiro atoms. The first kappa shape index (κ1) is 7.97. The van der Waals surface area contributed by atoms with Crippen molar-refractivity contribution in [3.8, 4) is 0 Å². The Labute approximate surface area is 61.8 Å². The molecule has 0 aromatic carbocycles. The Kier molecular flexibility index (Phi) is 1.58. The Morgan fingerprint density at radius 2 is 2.18 bits per heavy atom. The van der Waals surface area contributed by atoms with Gasteiger partial charge in [-0.15, -0.1) is 0 Å². The Bertz CT molecular complexity index is 229. The van der Waals surface area contributed by atoms with Gasteiger partial charge in [0.15, 0.2) is 0 Å². The molecule has 0 fully saturated rings. The monoisotopic (exact) mass is 163 g/mol. The maximum atomic E-state index is 12.5. The highest BCUT2D eigenvalue weighted by atomic mass is 19.3. The molecule has 2 N–H and O–H groups in total. The normalized spacial score (nSPS) is 19.0. The second kappa shape index (κ2) is 2.18. The minimum absolute atomic E-state index is 0.395. The summed E-state index contributed by atoms with van der Waals surface area (Å²) in [5.41, 5.74) is 4.14. The van der Waals surface area contributed by atoms with E-state index in [-0.39, 0.29) is 0 Å². The van der Waals surface area contributed by atoms with Crippen molar-refractivity contribution in [2.45, 2.75) is 12.8 Å². The minimum atomic E-state index is -3.06. The van der Waals surface area contributed by atoms with Crippen LogP contribution in [0.4, 0.5) is 8.78 Å². The molecule has 1 rings (SSSR count).